The van der Waals surface area contributed by atoms with Crippen LogP contribution in [0.25, 0.3) is 0 Å². The molecule has 14 heavy (non-hydrogen) atoms. The number of benzene rings is 1. The van der Waals surface area contributed by atoms with Gasteiger partial charge in [0.15, 0.2) is 5.78 Å². The first-order chi connectivity index (χ1) is 6.74. The Labute approximate surface area is 87.8 Å². The van der Waals surface area contributed by atoms with Gasteiger partial charge in [-0.1, -0.05) is 17.7 Å². The number of halogens is 1. The van der Waals surface area contributed by atoms with Crippen molar-refractivity contribution in [2.75, 3.05) is 7.11 Å². The van der Waals surface area contributed by atoms with Crippen LogP contribution in [-0.4, -0.2) is 12.9 Å². The molecular formula is C11H11ClO2. The van der Waals surface area contributed by atoms with Crippen LogP contribution in [0.1, 0.15) is 28.8 Å². The van der Waals surface area contributed by atoms with E-state index in [2.05, 4.69) is 0 Å². The zero-order valence-corrected chi connectivity index (χ0v) is 8.73. The van der Waals surface area contributed by atoms with Gasteiger partial charge in [-0.15, -0.1) is 0 Å². The van der Waals surface area contributed by atoms with Crippen molar-refractivity contribution in [1.29, 1.82) is 0 Å². The topological polar surface area (TPSA) is 26.3 Å². The molecule has 2 rings (SSSR count). The number of aryl methyl sites for hydroxylation is 1. The molecule has 0 aromatic heterocycles. The number of hydrogen-bond acceptors (Lipinski definition) is 2. The summed E-state index contributed by atoms with van der Waals surface area (Å²) in [5, 5.41) is 0.467. The predicted molar refractivity (Wildman–Crippen MR) is 55.3 cm³/mol. The zero-order valence-electron chi connectivity index (χ0n) is 7.97. The first-order valence-corrected chi connectivity index (χ1v) is 5.00. The molecule has 2 nitrogen and oxygen atoms in total. The van der Waals surface area contributed by atoms with Gasteiger partial charge in [0.05, 0.1) is 12.1 Å². The number of ketones is 1. The molecule has 1 aliphatic carbocycles. The van der Waals surface area contributed by atoms with E-state index < -0.39 is 0 Å². The van der Waals surface area contributed by atoms with Gasteiger partial charge in [0.25, 0.3) is 0 Å². The summed E-state index contributed by atoms with van der Waals surface area (Å²) in [5.41, 5.74) is 1.71. The second-order valence-electron chi connectivity index (χ2n) is 3.39. The highest BCUT2D eigenvalue weighted by Crippen LogP contribution is 2.34. The van der Waals surface area contributed by atoms with E-state index in [-0.39, 0.29) is 5.78 Å². The van der Waals surface area contributed by atoms with Crippen molar-refractivity contribution in [1.82, 2.24) is 0 Å². The van der Waals surface area contributed by atoms with Gasteiger partial charge in [-0.05, 0) is 24.5 Å². The standard InChI is InChI=1S/C11H11ClO2/c1-14-9-6-5-7-3-2-4-8(13)10(7)11(9)12/h5-6H,2-4H2,1H3. The van der Waals surface area contributed by atoms with Crippen molar-refractivity contribution in [3.63, 3.8) is 0 Å². The van der Waals surface area contributed by atoms with Crippen LogP contribution in [0.4, 0.5) is 0 Å². The van der Waals surface area contributed by atoms with Gasteiger partial charge in [-0.3, -0.25) is 4.79 Å². The summed E-state index contributed by atoms with van der Waals surface area (Å²) in [7, 11) is 1.56. The second-order valence-corrected chi connectivity index (χ2v) is 3.77. The summed E-state index contributed by atoms with van der Waals surface area (Å²) in [5.74, 6) is 0.718. The van der Waals surface area contributed by atoms with E-state index in [1.54, 1.807) is 7.11 Å². The third-order valence-corrected chi connectivity index (χ3v) is 2.92. The van der Waals surface area contributed by atoms with Crippen LogP contribution < -0.4 is 4.74 Å². The molecular weight excluding hydrogens is 200 g/mol. The number of carbonyl (C=O) groups is 1. The highest BCUT2D eigenvalue weighted by molar-refractivity contribution is 6.35. The summed E-state index contributed by atoms with van der Waals surface area (Å²) < 4.78 is 5.08. The maximum Gasteiger partial charge on any atom is 0.164 e. The minimum Gasteiger partial charge on any atom is -0.495 e. The van der Waals surface area contributed by atoms with Gasteiger partial charge in [0.1, 0.15) is 5.75 Å². The van der Waals surface area contributed by atoms with Crippen molar-refractivity contribution >= 4 is 17.4 Å². The van der Waals surface area contributed by atoms with Crippen molar-refractivity contribution in [3.8, 4) is 5.75 Å². The fourth-order valence-electron chi connectivity index (χ4n) is 1.83. The van der Waals surface area contributed by atoms with Crippen LogP contribution in [0.2, 0.25) is 5.02 Å². The van der Waals surface area contributed by atoms with E-state index >= 15 is 0 Å². The zero-order chi connectivity index (χ0) is 10.1. The monoisotopic (exact) mass is 210 g/mol. The Hall–Kier alpha value is -1.02. The molecule has 0 saturated heterocycles. The molecule has 0 fully saturated rings. The lowest BCUT2D eigenvalue weighted by atomic mass is 9.90. The smallest absolute Gasteiger partial charge is 0.164 e. The summed E-state index contributed by atoms with van der Waals surface area (Å²) in [6.45, 7) is 0. The lowest BCUT2D eigenvalue weighted by Crippen LogP contribution is -2.11. The molecule has 0 spiro atoms. The summed E-state index contributed by atoms with van der Waals surface area (Å²) in [4.78, 5) is 11.6. The Morgan fingerprint density at radius 1 is 1.36 bits per heavy atom. The quantitative estimate of drug-likeness (QED) is 0.713. The number of ether oxygens (including phenoxy) is 1. The van der Waals surface area contributed by atoms with Gasteiger partial charge in [-0.25, -0.2) is 0 Å². The average molecular weight is 211 g/mol. The largest absolute Gasteiger partial charge is 0.495 e. The summed E-state index contributed by atoms with van der Waals surface area (Å²) in [6, 6.07) is 3.75. The molecule has 1 aromatic carbocycles. The number of methoxy groups -OCH3 is 1. The molecule has 74 valence electrons. The van der Waals surface area contributed by atoms with E-state index in [1.807, 2.05) is 12.1 Å². The van der Waals surface area contributed by atoms with Crippen LogP contribution in [0, 0.1) is 0 Å². The van der Waals surface area contributed by atoms with Crippen LogP contribution in [0.3, 0.4) is 0 Å². The molecule has 0 bridgehead atoms. The minimum absolute atomic E-state index is 0.134. The van der Waals surface area contributed by atoms with Crippen molar-refractivity contribution < 1.29 is 9.53 Å². The predicted octanol–water partition coefficient (Wildman–Crippen LogP) is 2.87. The van der Waals surface area contributed by atoms with Gasteiger partial charge >= 0.3 is 0 Å². The second kappa shape index (κ2) is 3.62. The molecule has 1 aromatic rings. The molecule has 0 radical (unpaired) electrons. The van der Waals surface area contributed by atoms with Gasteiger partial charge in [0.2, 0.25) is 0 Å². The van der Waals surface area contributed by atoms with Gasteiger partial charge in [-0.2, -0.15) is 0 Å². The fourth-order valence-corrected chi connectivity index (χ4v) is 2.20. The third-order valence-electron chi connectivity index (χ3n) is 2.54. The number of Topliss-reactive ketones (excluding diaryl/α,β-unsaturated/α-hetero) is 1. The maximum atomic E-state index is 11.6. The minimum atomic E-state index is 0.134. The van der Waals surface area contributed by atoms with E-state index in [9.17, 15) is 4.79 Å². The van der Waals surface area contributed by atoms with Crippen LogP contribution in [0.15, 0.2) is 12.1 Å². The first kappa shape index (κ1) is 9.53. The highest BCUT2D eigenvalue weighted by Gasteiger charge is 2.22. The molecule has 0 unspecified atom stereocenters. The Kier molecular flexibility index (Phi) is 2.46. The van der Waals surface area contributed by atoms with Gasteiger partial charge in [0, 0.05) is 12.0 Å². The van der Waals surface area contributed by atoms with Crippen molar-refractivity contribution in [3.05, 3.63) is 28.3 Å². The van der Waals surface area contributed by atoms with E-state index in [1.165, 1.54) is 0 Å². The normalized spacial score (nSPS) is 15.1. The number of rotatable bonds is 1. The Morgan fingerprint density at radius 2 is 2.14 bits per heavy atom. The van der Waals surface area contributed by atoms with Crippen molar-refractivity contribution in [2.45, 2.75) is 19.3 Å². The van der Waals surface area contributed by atoms with Crippen LogP contribution >= 0.6 is 11.6 Å². The van der Waals surface area contributed by atoms with E-state index in [4.69, 9.17) is 16.3 Å². The van der Waals surface area contributed by atoms with Crippen molar-refractivity contribution in [2.24, 2.45) is 0 Å². The average Bonchev–Trinajstić information content (AvgIpc) is 2.18. The molecule has 3 heteroatoms. The molecule has 0 saturated carbocycles. The molecule has 0 amide bonds. The molecule has 0 atom stereocenters. The molecule has 0 heterocycles. The molecule has 1 aliphatic rings. The number of carbonyl (C=O) groups excluding carboxylic acids is 1. The lowest BCUT2D eigenvalue weighted by Gasteiger charge is -2.17. The summed E-state index contributed by atoms with van der Waals surface area (Å²) in [6.07, 6.45) is 2.46. The Balaban J connectivity index is 2.60. The molecule has 0 aliphatic heterocycles. The first-order valence-electron chi connectivity index (χ1n) is 4.62. The Bertz CT molecular complexity index is 385. The third kappa shape index (κ3) is 1.40. The van der Waals surface area contributed by atoms with E-state index in [0.29, 0.717) is 22.8 Å². The fraction of sp³-hybridized carbons (Fsp3) is 0.364. The Morgan fingerprint density at radius 3 is 2.86 bits per heavy atom. The SMILES string of the molecule is COc1ccc2c(c1Cl)C(=O)CCC2. The molecule has 0 N–H and O–H groups in total. The van der Waals surface area contributed by atoms with E-state index in [0.717, 1.165) is 18.4 Å². The lowest BCUT2D eigenvalue weighted by molar-refractivity contribution is 0.0972. The maximum absolute atomic E-state index is 11.6. The number of hydrogen-bond donors (Lipinski definition) is 0. The van der Waals surface area contributed by atoms with Crippen LogP contribution in [0.5, 0.6) is 5.75 Å². The van der Waals surface area contributed by atoms with Gasteiger partial charge < -0.3 is 4.74 Å². The van der Waals surface area contributed by atoms with Crippen LogP contribution in [-0.2, 0) is 6.42 Å². The highest BCUT2D eigenvalue weighted by atomic mass is 35.5. The summed E-state index contributed by atoms with van der Waals surface area (Å²) >= 11 is 6.08. The number of fused-ring (bicyclic) bond motifs is 1.